The van der Waals surface area contributed by atoms with Crippen LogP contribution >= 0.6 is 27.7 Å². The molecule has 116 valence electrons. The number of ether oxygens (including phenoxy) is 3. The van der Waals surface area contributed by atoms with Gasteiger partial charge in [0.2, 0.25) is 11.7 Å². The first-order chi connectivity index (χ1) is 10.0. The van der Waals surface area contributed by atoms with Gasteiger partial charge in [0.15, 0.2) is 11.5 Å². The molecule has 5 nitrogen and oxygen atoms in total. The number of alkyl halides is 1. The van der Waals surface area contributed by atoms with Crippen molar-refractivity contribution in [2.45, 2.75) is 17.2 Å². The molecule has 21 heavy (non-hydrogen) atoms. The highest BCUT2D eigenvalue weighted by Gasteiger charge is 2.36. The summed E-state index contributed by atoms with van der Waals surface area (Å²) >= 11 is 5.07. The zero-order chi connectivity index (χ0) is 15.6. The van der Waals surface area contributed by atoms with Crippen molar-refractivity contribution < 1.29 is 19.0 Å². The highest BCUT2D eigenvalue weighted by atomic mass is 79.9. The third-order valence-electron chi connectivity index (χ3n) is 3.26. The molecule has 1 heterocycles. The van der Waals surface area contributed by atoms with Gasteiger partial charge in [-0.25, -0.2) is 0 Å². The smallest absolute Gasteiger partial charge is 0.234 e. The Kier molecular flexibility index (Phi) is 5.27. The number of thioether (sulfide) groups is 1. The Labute approximate surface area is 137 Å². The minimum Gasteiger partial charge on any atom is -0.493 e. The summed E-state index contributed by atoms with van der Waals surface area (Å²) in [5.74, 6) is 2.32. The normalized spacial score (nSPS) is 19.6. The average molecular weight is 376 g/mol. The van der Waals surface area contributed by atoms with Gasteiger partial charge < -0.3 is 19.1 Å². The Hall–Kier alpha value is -1.08. The van der Waals surface area contributed by atoms with Crippen LogP contribution in [0.15, 0.2) is 12.1 Å². The number of halogens is 1. The van der Waals surface area contributed by atoms with E-state index in [1.165, 1.54) is 0 Å². The molecule has 1 aromatic rings. The van der Waals surface area contributed by atoms with E-state index in [-0.39, 0.29) is 16.2 Å². The molecule has 0 spiro atoms. The summed E-state index contributed by atoms with van der Waals surface area (Å²) in [6.45, 7) is 1.94. The zero-order valence-electron chi connectivity index (χ0n) is 12.4. The predicted octanol–water partition coefficient (Wildman–Crippen LogP) is 3.03. The van der Waals surface area contributed by atoms with Crippen molar-refractivity contribution in [3.05, 3.63) is 17.7 Å². The molecule has 1 aromatic carbocycles. The highest BCUT2D eigenvalue weighted by molar-refractivity contribution is 9.09. The molecule has 1 aliphatic heterocycles. The predicted molar refractivity (Wildman–Crippen MR) is 86.5 cm³/mol. The van der Waals surface area contributed by atoms with E-state index in [1.807, 2.05) is 24.0 Å². The van der Waals surface area contributed by atoms with Gasteiger partial charge in [-0.2, -0.15) is 0 Å². The van der Waals surface area contributed by atoms with E-state index in [2.05, 4.69) is 15.9 Å². The number of hydrogen-bond acceptors (Lipinski definition) is 5. The molecule has 2 unspecified atom stereocenters. The molecule has 1 aliphatic rings. The van der Waals surface area contributed by atoms with Crippen molar-refractivity contribution in [1.82, 2.24) is 4.90 Å². The van der Waals surface area contributed by atoms with Gasteiger partial charge in [-0.1, -0.05) is 15.9 Å². The second kappa shape index (κ2) is 6.79. The molecule has 2 rings (SSSR count). The van der Waals surface area contributed by atoms with Gasteiger partial charge in [0, 0.05) is 0 Å². The Balaban J connectivity index is 2.46. The lowest BCUT2D eigenvalue weighted by Gasteiger charge is -2.27. The number of nitrogens with zero attached hydrogens (tertiary/aromatic N) is 1. The molecule has 0 radical (unpaired) electrons. The Morgan fingerprint density at radius 2 is 1.81 bits per heavy atom. The first-order valence-electron chi connectivity index (χ1n) is 6.40. The van der Waals surface area contributed by atoms with Gasteiger partial charge in [0.25, 0.3) is 0 Å². The highest BCUT2D eigenvalue weighted by Crippen LogP contribution is 2.46. The van der Waals surface area contributed by atoms with E-state index < -0.39 is 0 Å². The van der Waals surface area contributed by atoms with Crippen LogP contribution in [-0.2, 0) is 4.79 Å². The lowest BCUT2D eigenvalue weighted by Crippen LogP contribution is -2.32. The van der Waals surface area contributed by atoms with E-state index >= 15 is 0 Å². The van der Waals surface area contributed by atoms with Gasteiger partial charge >= 0.3 is 0 Å². The van der Waals surface area contributed by atoms with Crippen LogP contribution < -0.4 is 14.2 Å². The summed E-state index contributed by atoms with van der Waals surface area (Å²) in [6, 6.07) is 3.78. The van der Waals surface area contributed by atoms with Crippen LogP contribution in [0.5, 0.6) is 17.2 Å². The molecule has 7 heteroatoms. The number of carbonyl (C=O) groups is 1. The number of methoxy groups -OCH3 is 3. The molecule has 1 amide bonds. The van der Waals surface area contributed by atoms with Crippen LogP contribution in [0.25, 0.3) is 0 Å². The van der Waals surface area contributed by atoms with Gasteiger partial charge in [0.1, 0.15) is 5.37 Å². The van der Waals surface area contributed by atoms with E-state index in [4.69, 9.17) is 14.2 Å². The van der Waals surface area contributed by atoms with Crippen molar-refractivity contribution in [2.24, 2.45) is 0 Å². The Morgan fingerprint density at radius 1 is 1.24 bits per heavy atom. The van der Waals surface area contributed by atoms with Crippen molar-refractivity contribution >= 4 is 33.6 Å². The summed E-state index contributed by atoms with van der Waals surface area (Å²) in [5, 5.41) is -0.0689. The molecule has 0 aromatic heterocycles. The molecule has 0 saturated carbocycles. The SMILES string of the molecule is COc1cc(C2SCC(=O)N2C(C)Br)cc(OC)c1OC. The minimum atomic E-state index is -0.0689. The van der Waals surface area contributed by atoms with Crippen LogP contribution in [0.2, 0.25) is 0 Å². The largest absolute Gasteiger partial charge is 0.493 e. The molecular weight excluding hydrogens is 358 g/mol. The molecule has 0 N–H and O–H groups in total. The summed E-state index contributed by atoms with van der Waals surface area (Å²) in [4.78, 5) is 13.8. The lowest BCUT2D eigenvalue weighted by molar-refractivity contribution is -0.128. The summed E-state index contributed by atoms with van der Waals surface area (Å²) in [7, 11) is 4.73. The molecule has 0 aliphatic carbocycles. The fraction of sp³-hybridized carbons (Fsp3) is 0.500. The summed E-state index contributed by atoms with van der Waals surface area (Å²) in [6.07, 6.45) is 0. The van der Waals surface area contributed by atoms with Crippen LogP contribution in [0, 0.1) is 0 Å². The van der Waals surface area contributed by atoms with Crippen LogP contribution in [0.4, 0.5) is 0 Å². The van der Waals surface area contributed by atoms with Crippen LogP contribution in [-0.4, -0.2) is 42.8 Å². The minimum absolute atomic E-state index is 0.0379. The van der Waals surface area contributed by atoms with Gasteiger partial charge in [-0.15, -0.1) is 11.8 Å². The molecule has 2 atom stereocenters. The molecule has 1 saturated heterocycles. The van der Waals surface area contributed by atoms with Gasteiger partial charge in [-0.05, 0) is 24.6 Å². The average Bonchev–Trinajstić information content (AvgIpc) is 2.87. The van der Waals surface area contributed by atoms with E-state index in [9.17, 15) is 4.79 Å². The second-order valence-corrected chi connectivity index (χ2v) is 6.89. The number of rotatable bonds is 5. The Bertz CT molecular complexity index is 513. The standard InChI is InChI=1S/C14H18BrNO4S/c1-8(15)16-12(17)7-21-14(16)9-5-10(18-2)13(20-4)11(6-9)19-3/h5-6,8,14H,7H2,1-4H3. The van der Waals surface area contributed by atoms with Gasteiger partial charge in [-0.3, -0.25) is 4.79 Å². The maximum Gasteiger partial charge on any atom is 0.234 e. The molecular formula is C14H18BrNO4S. The van der Waals surface area contributed by atoms with E-state index in [1.54, 1.807) is 33.1 Å². The first kappa shape index (κ1) is 16.3. The van der Waals surface area contributed by atoms with E-state index in [0.29, 0.717) is 23.0 Å². The number of amides is 1. The zero-order valence-corrected chi connectivity index (χ0v) is 14.8. The molecule has 1 fully saturated rings. The first-order valence-corrected chi connectivity index (χ1v) is 8.36. The quantitative estimate of drug-likeness (QED) is 0.584. The second-order valence-electron chi connectivity index (χ2n) is 4.50. The van der Waals surface area contributed by atoms with Crippen LogP contribution in [0.1, 0.15) is 17.9 Å². The fourth-order valence-corrected chi connectivity index (χ4v) is 4.18. The summed E-state index contributed by atoms with van der Waals surface area (Å²) in [5.41, 5.74) is 0.951. The van der Waals surface area contributed by atoms with Crippen molar-refractivity contribution in [2.75, 3.05) is 27.1 Å². The lowest BCUT2D eigenvalue weighted by atomic mass is 10.1. The maximum atomic E-state index is 12.0. The van der Waals surface area contributed by atoms with Crippen molar-refractivity contribution in [1.29, 1.82) is 0 Å². The van der Waals surface area contributed by atoms with Gasteiger partial charge in [0.05, 0.1) is 32.0 Å². The number of benzene rings is 1. The fourth-order valence-electron chi connectivity index (χ4n) is 2.32. The number of carbonyl (C=O) groups excluding carboxylic acids is 1. The van der Waals surface area contributed by atoms with Crippen LogP contribution in [0.3, 0.4) is 0 Å². The maximum absolute atomic E-state index is 12.0. The monoisotopic (exact) mass is 375 g/mol. The molecule has 0 bridgehead atoms. The topological polar surface area (TPSA) is 48.0 Å². The Morgan fingerprint density at radius 3 is 2.24 bits per heavy atom. The third-order valence-corrected chi connectivity index (χ3v) is 4.93. The third kappa shape index (κ3) is 3.08. The van der Waals surface area contributed by atoms with Crippen molar-refractivity contribution in [3.8, 4) is 17.2 Å². The van der Waals surface area contributed by atoms with E-state index in [0.717, 1.165) is 5.56 Å². The summed E-state index contributed by atoms with van der Waals surface area (Å²) < 4.78 is 16.1. The van der Waals surface area contributed by atoms with Crippen molar-refractivity contribution in [3.63, 3.8) is 0 Å². The number of hydrogen-bond donors (Lipinski definition) is 0.